The van der Waals surface area contributed by atoms with Gasteiger partial charge in [0, 0.05) is 0 Å². The molecule has 0 N–H and O–H groups in total. The molecule has 1 aliphatic carbocycles. The highest BCUT2D eigenvalue weighted by Gasteiger charge is 2.18. The van der Waals surface area contributed by atoms with Crippen LogP contribution in [-0.2, 0) is 0 Å². The molecule has 0 saturated heterocycles. The molecule has 6 aromatic rings. The summed E-state index contributed by atoms with van der Waals surface area (Å²) in [6.07, 6.45) is 11.6. The van der Waals surface area contributed by atoms with Crippen LogP contribution >= 0.6 is 0 Å². The number of benzene rings is 6. The Morgan fingerprint density at radius 3 is 1.57 bits per heavy atom. The van der Waals surface area contributed by atoms with Crippen LogP contribution in [0.2, 0.25) is 0 Å². The number of hydrogen-bond donors (Lipinski definition) is 0. The summed E-state index contributed by atoms with van der Waals surface area (Å²) in [5.74, 6) is 0. The molecular formula is C46H48. The minimum absolute atomic E-state index is 1.09. The second kappa shape index (κ2) is 15.5. The lowest BCUT2D eigenvalue weighted by Crippen LogP contribution is -1.93. The number of fused-ring (bicyclic) bond motifs is 2. The smallest absolute Gasteiger partial charge is 0.00262 e. The van der Waals surface area contributed by atoms with E-state index in [1.165, 1.54) is 90.0 Å². The van der Waals surface area contributed by atoms with Crippen molar-refractivity contribution in [3.63, 3.8) is 0 Å². The van der Waals surface area contributed by atoms with Gasteiger partial charge in [-0.1, -0.05) is 162 Å². The Labute approximate surface area is 277 Å². The average molecular weight is 601 g/mol. The molecule has 0 aromatic heterocycles. The number of unbranched alkanes of at least 4 members (excludes halogenated alkanes) is 1. The summed E-state index contributed by atoms with van der Waals surface area (Å²) in [6, 6.07) is 42.7. The van der Waals surface area contributed by atoms with Crippen LogP contribution in [0.5, 0.6) is 0 Å². The summed E-state index contributed by atoms with van der Waals surface area (Å²) < 4.78 is 0. The van der Waals surface area contributed by atoms with Gasteiger partial charge in [0.25, 0.3) is 0 Å². The molecular weight excluding hydrogens is 553 g/mol. The Morgan fingerprint density at radius 2 is 1.02 bits per heavy atom. The van der Waals surface area contributed by atoms with Gasteiger partial charge in [-0.15, -0.1) is 0 Å². The van der Waals surface area contributed by atoms with Crippen molar-refractivity contribution in [2.45, 2.75) is 67.2 Å². The number of hydrogen-bond acceptors (Lipinski definition) is 0. The summed E-state index contributed by atoms with van der Waals surface area (Å²) in [5, 5.41) is 5.18. The van der Waals surface area contributed by atoms with Crippen LogP contribution in [0.3, 0.4) is 0 Å². The van der Waals surface area contributed by atoms with Crippen LogP contribution in [0, 0.1) is 13.8 Å². The number of allylic oxidation sites excluding steroid dienone is 4. The maximum atomic E-state index is 2.40. The van der Waals surface area contributed by atoms with Gasteiger partial charge in [0.2, 0.25) is 0 Å². The third kappa shape index (κ3) is 6.77. The van der Waals surface area contributed by atoms with Crippen LogP contribution in [0.4, 0.5) is 0 Å². The normalized spacial score (nSPS) is 12.2. The first-order chi connectivity index (χ1) is 22.6. The van der Waals surface area contributed by atoms with Crippen molar-refractivity contribution in [3.8, 4) is 33.4 Å². The van der Waals surface area contributed by atoms with E-state index < -0.39 is 0 Å². The molecule has 0 heterocycles. The first-order valence-corrected chi connectivity index (χ1v) is 17.2. The van der Waals surface area contributed by atoms with Crippen molar-refractivity contribution in [3.05, 3.63) is 150 Å². The first-order valence-electron chi connectivity index (χ1n) is 17.2. The lowest BCUT2D eigenvalue weighted by atomic mass is 9.84. The third-order valence-electron chi connectivity index (χ3n) is 8.93. The van der Waals surface area contributed by atoms with Crippen molar-refractivity contribution in [2.75, 3.05) is 0 Å². The first kappa shape index (κ1) is 32.7. The summed E-state index contributed by atoms with van der Waals surface area (Å²) in [7, 11) is 0. The van der Waals surface area contributed by atoms with E-state index in [2.05, 4.69) is 161 Å². The highest BCUT2D eigenvalue weighted by Crippen LogP contribution is 2.45. The lowest BCUT2D eigenvalue weighted by Gasteiger charge is -2.19. The molecule has 0 bridgehead atoms. The average Bonchev–Trinajstić information content (AvgIpc) is 3.12. The van der Waals surface area contributed by atoms with Crippen LogP contribution in [0.15, 0.2) is 133 Å². The Bertz CT molecular complexity index is 1940. The quantitative estimate of drug-likeness (QED) is 0.173. The third-order valence-corrected chi connectivity index (χ3v) is 8.93. The van der Waals surface area contributed by atoms with Gasteiger partial charge in [-0.05, 0) is 116 Å². The van der Waals surface area contributed by atoms with Crippen molar-refractivity contribution in [1.29, 1.82) is 0 Å². The molecule has 46 heavy (non-hydrogen) atoms. The van der Waals surface area contributed by atoms with Gasteiger partial charge in [-0.2, -0.15) is 0 Å². The van der Waals surface area contributed by atoms with Gasteiger partial charge < -0.3 is 0 Å². The van der Waals surface area contributed by atoms with Gasteiger partial charge in [-0.3, -0.25) is 0 Å². The molecule has 0 saturated carbocycles. The fraction of sp³-hybridized carbons (Fsp3) is 0.217. The lowest BCUT2D eigenvalue weighted by molar-refractivity contribution is 0.886. The second-order valence-electron chi connectivity index (χ2n) is 11.9. The highest BCUT2D eigenvalue weighted by molar-refractivity contribution is 6.21. The van der Waals surface area contributed by atoms with E-state index in [4.69, 9.17) is 0 Å². The van der Waals surface area contributed by atoms with E-state index in [0.29, 0.717) is 0 Å². The highest BCUT2D eigenvalue weighted by atomic mass is 14.2. The van der Waals surface area contributed by atoms with Gasteiger partial charge >= 0.3 is 0 Å². The van der Waals surface area contributed by atoms with E-state index in [-0.39, 0.29) is 0 Å². The van der Waals surface area contributed by atoms with Crippen LogP contribution in [0.1, 0.15) is 70.1 Å². The monoisotopic (exact) mass is 600 g/mol. The van der Waals surface area contributed by atoms with Crippen molar-refractivity contribution >= 4 is 27.1 Å². The standard InChI is InChI=1S/C40H32.C4H10.C2H6/c1-27-13-6-7-18-33(27)38-26-32(24-23-28(38)2)40-36-21-10-8-19-34(36)39(35-20-9-11-22-37(35)40)31-17-12-16-30(25-31)29-14-4-3-5-15-29;1-3-4-2;1-2/h3-4,6-14,16-26H,5,15H2,1-2H3;3-4H2,1-2H3;1-2H3. The zero-order valence-corrected chi connectivity index (χ0v) is 28.5. The maximum Gasteiger partial charge on any atom is -0.00262 e. The molecule has 0 unspecified atom stereocenters. The topological polar surface area (TPSA) is 0 Å². The molecule has 232 valence electrons. The van der Waals surface area contributed by atoms with Gasteiger partial charge in [0.15, 0.2) is 0 Å². The second-order valence-corrected chi connectivity index (χ2v) is 11.9. The zero-order valence-electron chi connectivity index (χ0n) is 28.5. The summed E-state index contributed by atoms with van der Waals surface area (Å²) in [6.45, 7) is 12.8. The molecule has 0 heteroatoms. The molecule has 1 aliphatic rings. The maximum absolute atomic E-state index is 2.40. The molecule has 0 fully saturated rings. The van der Waals surface area contributed by atoms with Gasteiger partial charge in [0.05, 0.1) is 0 Å². The fourth-order valence-electron chi connectivity index (χ4n) is 6.41. The predicted octanol–water partition coefficient (Wildman–Crippen LogP) is 14.2. The summed E-state index contributed by atoms with van der Waals surface area (Å²) in [5.41, 5.74) is 13.1. The van der Waals surface area contributed by atoms with Crippen molar-refractivity contribution in [1.82, 2.24) is 0 Å². The minimum atomic E-state index is 1.09. The van der Waals surface area contributed by atoms with Crippen LogP contribution in [0.25, 0.3) is 60.5 Å². The molecule has 0 nitrogen and oxygen atoms in total. The Morgan fingerprint density at radius 1 is 0.500 bits per heavy atom. The van der Waals surface area contributed by atoms with E-state index in [1.807, 2.05) is 13.8 Å². The Kier molecular flexibility index (Phi) is 11.1. The minimum Gasteiger partial charge on any atom is -0.0842 e. The molecule has 7 rings (SSSR count). The molecule has 0 amide bonds. The molecule has 0 spiro atoms. The van der Waals surface area contributed by atoms with Gasteiger partial charge in [0.1, 0.15) is 0 Å². The molecule has 6 aromatic carbocycles. The van der Waals surface area contributed by atoms with E-state index in [1.54, 1.807) is 0 Å². The zero-order chi connectivity index (χ0) is 32.5. The molecule has 0 atom stereocenters. The Hall–Kier alpha value is -4.68. The molecule has 0 aliphatic heterocycles. The van der Waals surface area contributed by atoms with Crippen LogP contribution < -0.4 is 0 Å². The van der Waals surface area contributed by atoms with E-state index in [0.717, 1.165) is 12.8 Å². The fourth-order valence-corrected chi connectivity index (χ4v) is 6.41. The summed E-state index contributed by atoms with van der Waals surface area (Å²) >= 11 is 0. The molecule has 0 radical (unpaired) electrons. The Balaban J connectivity index is 0.000000647. The SMILES string of the molecule is CC.CCCC.Cc1ccccc1-c1cc(-c2c3ccccc3c(-c3cccc(C4=CC=CCC4)c3)c3ccccc23)ccc1C. The predicted molar refractivity (Wildman–Crippen MR) is 206 cm³/mol. The number of rotatable bonds is 5. The van der Waals surface area contributed by atoms with Crippen molar-refractivity contribution in [2.24, 2.45) is 0 Å². The van der Waals surface area contributed by atoms with E-state index in [9.17, 15) is 0 Å². The van der Waals surface area contributed by atoms with Gasteiger partial charge in [-0.25, -0.2) is 0 Å². The van der Waals surface area contributed by atoms with Crippen molar-refractivity contribution < 1.29 is 0 Å². The summed E-state index contributed by atoms with van der Waals surface area (Å²) in [4.78, 5) is 0. The van der Waals surface area contributed by atoms with E-state index >= 15 is 0 Å². The largest absolute Gasteiger partial charge is 0.0842 e. The van der Waals surface area contributed by atoms with Crippen LogP contribution in [-0.4, -0.2) is 0 Å². The number of aryl methyl sites for hydroxylation is 2.